The van der Waals surface area contributed by atoms with Crippen LogP contribution in [0.1, 0.15) is 5.56 Å². The molecule has 1 heterocycles. The van der Waals surface area contributed by atoms with E-state index in [1.165, 1.54) is 10.7 Å². The van der Waals surface area contributed by atoms with E-state index in [1.54, 1.807) is 14.0 Å². The lowest BCUT2D eigenvalue weighted by molar-refractivity contribution is 0.431. The van der Waals surface area contributed by atoms with Crippen molar-refractivity contribution in [1.82, 2.24) is 15.0 Å². The number of benzene rings is 1. The van der Waals surface area contributed by atoms with Gasteiger partial charge in [-0.3, -0.25) is 0 Å². The van der Waals surface area contributed by atoms with Crippen LogP contribution >= 0.6 is 0 Å². The first kappa shape index (κ1) is 7.97. The molecule has 0 amide bonds. The summed E-state index contributed by atoms with van der Waals surface area (Å²) in [5.74, 6) is -0.997. The Labute approximate surface area is 73.6 Å². The number of aromatic nitrogens is 3. The van der Waals surface area contributed by atoms with Crippen molar-refractivity contribution in [3.05, 3.63) is 17.4 Å². The molecule has 0 aliphatic rings. The molecule has 0 fully saturated rings. The van der Waals surface area contributed by atoms with Crippen LogP contribution in [0.2, 0.25) is 0 Å². The molecule has 0 spiro atoms. The van der Waals surface area contributed by atoms with E-state index in [-0.39, 0.29) is 5.75 Å². The fourth-order valence-electron chi connectivity index (χ4n) is 1.39. The third-order valence-corrected chi connectivity index (χ3v) is 2.04. The molecule has 0 radical (unpaired) electrons. The molecule has 0 bridgehead atoms. The Kier molecular flexibility index (Phi) is 1.48. The number of hydrogen-bond donors (Lipinski definition) is 1. The molecule has 1 aromatic carbocycles. The highest BCUT2D eigenvalue weighted by Crippen LogP contribution is 2.26. The van der Waals surface area contributed by atoms with E-state index in [9.17, 15) is 4.39 Å². The summed E-state index contributed by atoms with van der Waals surface area (Å²) in [6, 6.07) is 1.27. The van der Waals surface area contributed by atoms with Gasteiger partial charge in [-0.15, -0.1) is 5.10 Å². The average Bonchev–Trinajstić information content (AvgIpc) is 2.43. The number of halogens is 1. The van der Waals surface area contributed by atoms with Gasteiger partial charge >= 0.3 is 0 Å². The number of phenolic OH excluding ortho intramolecular Hbond substituents is 1. The maximum absolute atomic E-state index is 13.2. The van der Waals surface area contributed by atoms with Crippen LogP contribution < -0.4 is 0 Å². The van der Waals surface area contributed by atoms with E-state index in [4.69, 9.17) is 5.11 Å². The summed E-state index contributed by atoms with van der Waals surface area (Å²) < 4.78 is 14.7. The third kappa shape index (κ3) is 0.965. The van der Waals surface area contributed by atoms with E-state index >= 15 is 0 Å². The first-order valence-electron chi connectivity index (χ1n) is 3.78. The van der Waals surface area contributed by atoms with Gasteiger partial charge in [-0.25, -0.2) is 9.07 Å². The summed E-state index contributed by atoms with van der Waals surface area (Å²) in [6.45, 7) is 1.58. The molecule has 0 saturated heterocycles. The topological polar surface area (TPSA) is 50.9 Å². The molecule has 0 aliphatic carbocycles. The van der Waals surface area contributed by atoms with Gasteiger partial charge in [-0.2, -0.15) is 0 Å². The van der Waals surface area contributed by atoms with Gasteiger partial charge < -0.3 is 5.11 Å². The minimum atomic E-state index is -0.613. The highest BCUT2D eigenvalue weighted by Gasteiger charge is 2.13. The molecule has 0 aliphatic heterocycles. The van der Waals surface area contributed by atoms with E-state index in [2.05, 4.69) is 10.3 Å². The second kappa shape index (κ2) is 2.42. The predicted octanol–water partition coefficient (Wildman–Crippen LogP) is 1.12. The summed E-state index contributed by atoms with van der Waals surface area (Å²) in [4.78, 5) is 0. The lowest BCUT2D eigenvalue weighted by Gasteiger charge is -2.01. The Morgan fingerprint density at radius 1 is 1.54 bits per heavy atom. The van der Waals surface area contributed by atoms with Gasteiger partial charge in [0.2, 0.25) is 0 Å². The standard InChI is InChI=1S/C8H8FN3O/c1-4-7(9)6(13)3-5-8(4)12(2)11-10-5/h3,13H,1-2H3. The molecule has 68 valence electrons. The molecule has 1 N–H and O–H groups in total. The lowest BCUT2D eigenvalue weighted by Crippen LogP contribution is -1.93. The van der Waals surface area contributed by atoms with Crippen molar-refractivity contribution < 1.29 is 9.50 Å². The number of hydrogen-bond acceptors (Lipinski definition) is 3. The monoisotopic (exact) mass is 181 g/mol. The Bertz CT molecular complexity index is 478. The zero-order valence-corrected chi connectivity index (χ0v) is 7.24. The molecule has 1 aromatic heterocycles. The van der Waals surface area contributed by atoms with Crippen LogP contribution in [-0.4, -0.2) is 20.1 Å². The van der Waals surface area contributed by atoms with E-state index in [1.807, 2.05) is 0 Å². The van der Waals surface area contributed by atoms with Crippen molar-refractivity contribution in [1.29, 1.82) is 0 Å². The number of aryl methyl sites for hydroxylation is 2. The van der Waals surface area contributed by atoms with Crippen molar-refractivity contribution in [2.45, 2.75) is 6.92 Å². The zero-order chi connectivity index (χ0) is 9.59. The smallest absolute Gasteiger partial charge is 0.170 e. The summed E-state index contributed by atoms with van der Waals surface area (Å²) in [5.41, 5.74) is 1.47. The summed E-state index contributed by atoms with van der Waals surface area (Å²) in [7, 11) is 1.68. The van der Waals surface area contributed by atoms with E-state index in [0.29, 0.717) is 16.6 Å². The maximum Gasteiger partial charge on any atom is 0.170 e. The molecular formula is C8H8FN3O. The maximum atomic E-state index is 13.2. The Balaban J connectivity index is 2.97. The number of fused-ring (bicyclic) bond motifs is 1. The second-order valence-electron chi connectivity index (χ2n) is 2.92. The zero-order valence-electron chi connectivity index (χ0n) is 7.24. The summed E-state index contributed by atoms with van der Waals surface area (Å²) in [6.07, 6.45) is 0. The van der Waals surface area contributed by atoms with Crippen LogP contribution in [0.5, 0.6) is 5.75 Å². The highest BCUT2D eigenvalue weighted by molar-refractivity contribution is 5.79. The third-order valence-electron chi connectivity index (χ3n) is 2.04. The molecule has 4 nitrogen and oxygen atoms in total. The number of phenols is 1. The highest BCUT2D eigenvalue weighted by atomic mass is 19.1. The molecule has 0 saturated carbocycles. The fraction of sp³-hybridized carbons (Fsp3) is 0.250. The van der Waals surface area contributed by atoms with E-state index in [0.717, 1.165) is 0 Å². The second-order valence-corrected chi connectivity index (χ2v) is 2.92. The van der Waals surface area contributed by atoms with Gasteiger partial charge in [-0.1, -0.05) is 5.21 Å². The van der Waals surface area contributed by atoms with Crippen molar-refractivity contribution >= 4 is 11.0 Å². The van der Waals surface area contributed by atoms with Crippen LogP contribution in [-0.2, 0) is 7.05 Å². The largest absolute Gasteiger partial charge is 0.505 e. The van der Waals surface area contributed by atoms with Gasteiger partial charge in [0.1, 0.15) is 5.52 Å². The number of aromatic hydroxyl groups is 1. The SMILES string of the molecule is Cc1c(F)c(O)cc2nnn(C)c12. The lowest BCUT2D eigenvalue weighted by atomic mass is 10.2. The molecule has 5 heteroatoms. The van der Waals surface area contributed by atoms with Crippen molar-refractivity contribution in [2.24, 2.45) is 7.05 Å². The van der Waals surface area contributed by atoms with Crippen LogP contribution in [0, 0.1) is 12.7 Å². The summed E-state index contributed by atoms with van der Waals surface area (Å²) in [5, 5.41) is 16.7. The van der Waals surface area contributed by atoms with Crippen molar-refractivity contribution in [2.75, 3.05) is 0 Å². The van der Waals surface area contributed by atoms with Crippen LogP contribution in [0.25, 0.3) is 11.0 Å². The fourth-order valence-corrected chi connectivity index (χ4v) is 1.39. The van der Waals surface area contributed by atoms with Gasteiger partial charge in [0, 0.05) is 18.7 Å². The van der Waals surface area contributed by atoms with Gasteiger partial charge in [0.05, 0.1) is 5.52 Å². The Hall–Kier alpha value is -1.65. The minimum absolute atomic E-state index is 0.363. The minimum Gasteiger partial charge on any atom is -0.505 e. The first-order valence-corrected chi connectivity index (χ1v) is 3.78. The van der Waals surface area contributed by atoms with Crippen LogP contribution in [0.3, 0.4) is 0 Å². The normalized spacial score (nSPS) is 11.0. The van der Waals surface area contributed by atoms with Crippen LogP contribution in [0.15, 0.2) is 6.07 Å². The van der Waals surface area contributed by atoms with Gasteiger partial charge in [-0.05, 0) is 6.92 Å². The molecule has 0 unspecified atom stereocenters. The predicted molar refractivity (Wildman–Crippen MR) is 44.9 cm³/mol. The van der Waals surface area contributed by atoms with Crippen molar-refractivity contribution in [3.63, 3.8) is 0 Å². The van der Waals surface area contributed by atoms with Crippen LogP contribution in [0.4, 0.5) is 4.39 Å². The summed E-state index contributed by atoms with van der Waals surface area (Å²) >= 11 is 0. The number of nitrogens with zero attached hydrogens (tertiary/aromatic N) is 3. The van der Waals surface area contributed by atoms with E-state index < -0.39 is 5.82 Å². The van der Waals surface area contributed by atoms with Gasteiger partial charge in [0.15, 0.2) is 11.6 Å². The molecule has 2 rings (SSSR count). The number of rotatable bonds is 0. The molecular weight excluding hydrogens is 173 g/mol. The van der Waals surface area contributed by atoms with Crippen molar-refractivity contribution in [3.8, 4) is 5.75 Å². The average molecular weight is 181 g/mol. The Morgan fingerprint density at radius 3 is 2.92 bits per heavy atom. The quantitative estimate of drug-likeness (QED) is 0.662. The first-order chi connectivity index (χ1) is 6.11. The molecule has 2 aromatic rings. The molecule has 13 heavy (non-hydrogen) atoms. The Morgan fingerprint density at radius 2 is 2.23 bits per heavy atom. The molecule has 0 atom stereocenters. The van der Waals surface area contributed by atoms with Gasteiger partial charge in [0.25, 0.3) is 0 Å².